The normalized spacial score (nSPS) is 17.9. The molecule has 0 radical (unpaired) electrons. The first-order valence-corrected chi connectivity index (χ1v) is 6.40. The number of nitrogens with zero attached hydrogens (tertiary/aromatic N) is 1. The number of benzene rings is 1. The van der Waals surface area contributed by atoms with Crippen molar-refractivity contribution in [2.24, 2.45) is 12.8 Å². The number of aromatic nitrogens is 1. The summed E-state index contributed by atoms with van der Waals surface area (Å²) in [5.74, 6) is 0.549. The first-order chi connectivity index (χ1) is 8.03. The van der Waals surface area contributed by atoms with E-state index in [1.165, 1.54) is 22.2 Å². The Bertz CT molecular complexity index is 574. The van der Waals surface area contributed by atoms with Gasteiger partial charge in [-0.2, -0.15) is 0 Å². The second-order valence-electron chi connectivity index (χ2n) is 5.68. The summed E-state index contributed by atoms with van der Waals surface area (Å²) in [6.07, 6.45) is 2.24. The Morgan fingerprint density at radius 1 is 1.29 bits per heavy atom. The molecule has 1 aromatic heterocycles. The molecule has 17 heavy (non-hydrogen) atoms. The van der Waals surface area contributed by atoms with E-state index in [0.717, 1.165) is 12.8 Å². The molecule has 0 amide bonds. The van der Waals surface area contributed by atoms with Crippen molar-refractivity contribution < 1.29 is 0 Å². The third-order valence-electron chi connectivity index (χ3n) is 4.01. The van der Waals surface area contributed by atoms with Crippen molar-refractivity contribution >= 4 is 10.9 Å². The van der Waals surface area contributed by atoms with Crippen molar-refractivity contribution in [3.8, 4) is 0 Å². The van der Waals surface area contributed by atoms with Crippen molar-refractivity contribution in [1.82, 2.24) is 4.57 Å². The molecule has 1 aromatic carbocycles. The maximum atomic E-state index is 6.34. The highest BCUT2D eigenvalue weighted by Crippen LogP contribution is 2.44. The Labute approximate surface area is 102 Å². The molecule has 2 aromatic rings. The topological polar surface area (TPSA) is 30.9 Å². The largest absolute Gasteiger partial charge is 0.346 e. The van der Waals surface area contributed by atoms with Crippen molar-refractivity contribution in [2.45, 2.75) is 38.1 Å². The van der Waals surface area contributed by atoms with Crippen molar-refractivity contribution in [1.29, 1.82) is 0 Å². The van der Waals surface area contributed by atoms with Crippen LogP contribution in [0.25, 0.3) is 10.9 Å². The summed E-state index contributed by atoms with van der Waals surface area (Å²) in [5, 5.41) is 1.32. The van der Waals surface area contributed by atoms with E-state index >= 15 is 0 Å². The monoisotopic (exact) mass is 228 g/mol. The van der Waals surface area contributed by atoms with Gasteiger partial charge in [0.25, 0.3) is 0 Å². The molecule has 2 N–H and O–H groups in total. The Hall–Kier alpha value is -1.28. The molecule has 3 rings (SSSR count). The highest BCUT2D eigenvalue weighted by Gasteiger charge is 2.42. The van der Waals surface area contributed by atoms with Crippen LogP contribution in [0.2, 0.25) is 0 Å². The van der Waals surface area contributed by atoms with Gasteiger partial charge in [-0.15, -0.1) is 0 Å². The number of nitrogens with two attached hydrogens (primary N) is 1. The van der Waals surface area contributed by atoms with Crippen LogP contribution in [0, 0.1) is 0 Å². The summed E-state index contributed by atoms with van der Waals surface area (Å²) >= 11 is 0. The lowest BCUT2D eigenvalue weighted by molar-refractivity contribution is 0.665. The van der Waals surface area contributed by atoms with Crippen molar-refractivity contribution in [2.75, 3.05) is 0 Å². The highest BCUT2D eigenvalue weighted by atomic mass is 15.0. The molecule has 1 fully saturated rings. The molecule has 2 heteroatoms. The van der Waals surface area contributed by atoms with Crippen LogP contribution < -0.4 is 5.73 Å². The first kappa shape index (κ1) is 10.8. The smallest absolute Gasteiger partial charge is 0.0565 e. The summed E-state index contributed by atoms with van der Waals surface area (Å²) in [7, 11) is 2.15. The second-order valence-corrected chi connectivity index (χ2v) is 5.68. The van der Waals surface area contributed by atoms with Gasteiger partial charge in [0.05, 0.1) is 11.1 Å². The van der Waals surface area contributed by atoms with Gasteiger partial charge in [-0.3, -0.25) is 0 Å². The van der Waals surface area contributed by atoms with Crippen LogP contribution in [-0.4, -0.2) is 4.57 Å². The standard InChI is InChI=1S/C15H20N2/c1-10(2)12-6-4-5-11-9-13(15(16)7-8-15)17(3)14(11)12/h4-6,9-10H,7-8,16H2,1-3H3. The Balaban J connectivity index is 2.30. The molecule has 1 aliphatic carbocycles. The van der Waals surface area contributed by atoms with E-state index in [-0.39, 0.29) is 5.54 Å². The quantitative estimate of drug-likeness (QED) is 0.840. The fourth-order valence-corrected chi connectivity index (χ4v) is 2.78. The molecule has 90 valence electrons. The fraction of sp³-hybridized carbons (Fsp3) is 0.467. The molecular weight excluding hydrogens is 208 g/mol. The van der Waals surface area contributed by atoms with E-state index in [1.54, 1.807) is 0 Å². The van der Waals surface area contributed by atoms with E-state index in [2.05, 4.69) is 49.7 Å². The van der Waals surface area contributed by atoms with Crippen LogP contribution >= 0.6 is 0 Å². The van der Waals surface area contributed by atoms with E-state index < -0.39 is 0 Å². The molecule has 0 saturated heterocycles. The summed E-state index contributed by atoms with van der Waals surface area (Å²) in [4.78, 5) is 0. The molecule has 0 spiro atoms. The number of rotatable bonds is 2. The summed E-state index contributed by atoms with van der Waals surface area (Å²) in [5.41, 5.74) is 10.3. The number of hydrogen-bond donors (Lipinski definition) is 1. The van der Waals surface area contributed by atoms with Gasteiger partial charge >= 0.3 is 0 Å². The lowest BCUT2D eigenvalue weighted by Gasteiger charge is -2.13. The summed E-state index contributed by atoms with van der Waals surface area (Å²) < 4.78 is 2.30. The van der Waals surface area contributed by atoms with E-state index in [1.807, 2.05) is 0 Å². The van der Waals surface area contributed by atoms with Crippen LogP contribution in [0.15, 0.2) is 24.3 Å². The van der Waals surface area contributed by atoms with Crippen molar-refractivity contribution in [3.63, 3.8) is 0 Å². The number of fused-ring (bicyclic) bond motifs is 1. The minimum atomic E-state index is -0.0536. The minimum absolute atomic E-state index is 0.0536. The van der Waals surface area contributed by atoms with Crippen LogP contribution in [0.4, 0.5) is 0 Å². The molecule has 0 aliphatic heterocycles. The molecule has 1 saturated carbocycles. The molecule has 1 heterocycles. The second kappa shape index (κ2) is 3.36. The molecule has 0 bridgehead atoms. The number of aryl methyl sites for hydroxylation is 1. The van der Waals surface area contributed by atoms with Crippen LogP contribution in [0.1, 0.15) is 43.9 Å². The van der Waals surface area contributed by atoms with Crippen LogP contribution in [-0.2, 0) is 12.6 Å². The van der Waals surface area contributed by atoms with Crippen LogP contribution in [0.5, 0.6) is 0 Å². The Morgan fingerprint density at radius 2 is 2.00 bits per heavy atom. The molecular formula is C15H20N2. The van der Waals surface area contributed by atoms with E-state index in [4.69, 9.17) is 5.73 Å². The average Bonchev–Trinajstić information content (AvgIpc) is 2.94. The average molecular weight is 228 g/mol. The zero-order valence-electron chi connectivity index (χ0n) is 10.8. The van der Waals surface area contributed by atoms with E-state index in [0.29, 0.717) is 5.92 Å². The van der Waals surface area contributed by atoms with Gasteiger partial charge in [0.2, 0.25) is 0 Å². The van der Waals surface area contributed by atoms with Gasteiger partial charge in [-0.1, -0.05) is 32.0 Å². The zero-order chi connectivity index (χ0) is 12.2. The number of hydrogen-bond acceptors (Lipinski definition) is 1. The molecule has 1 aliphatic rings. The summed E-state index contributed by atoms with van der Waals surface area (Å²) in [6, 6.07) is 8.84. The maximum absolute atomic E-state index is 6.34. The molecule has 2 nitrogen and oxygen atoms in total. The molecule has 0 atom stereocenters. The zero-order valence-corrected chi connectivity index (χ0v) is 10.8. The highest BCUT2D eigenvalue weighted by molar-refractivity contribution is 5.85. The lowest BCUT2D eigenvalue weighted by Crippen LogP contribution is -2.21. The summed E-state index contributed by atoms with van der Waals surface area (Å²) in [6.45, 7) is 4.49. The predicted molar refractivity (Wildman–Crippen MR) is 72.1 cm³/mol. The third-order valence-corrected chi connectivity index (χ3v) is 4.01. The van der Waals surface area contributed by atoms with Gasteiger partial charge < -0.3 is 10.3 Å². The first-order valence-electron chi connectivity index (χ1n) is 6.40. The minimum Gasteiger partial charge on any atom is -0.346 e. The fourth-order valence-electron chi connectivity index (χ4n) is 2.78. The lowest BCUT2D eigenvalue weighted by atomic mass is 10.0. The van der Waals surface area contributed by atoms with Gasteiger partial charge in [-0.25, -0.2) is 0 Å². The van der Waals surface area contributed by atoms with Crippen molar-refractivity contribution in [3.05, 3.63) is 35.5 Å². The Kier molecular flexibility index (Phi) is 2.14. The SMILES string of the molecule is CC(C)c1cccc2cc(C3(N)CC3)n(C)c12. The van der Waals surface area contributed by atoms with Gasteiger partial charge in [0.1, 0.15) is 0 Å². The number of para-hydroxylation sites is 1. The third kappa shape index (κ3) is 1.51. The van der Waals surface area contributed by atoms with E-state index in [9.17, 15) is 0 Å². The predicted octanol–water partition coefficient (Wildman–Crippen LogP) is 3.25. The van der Waals surface area contributed by atoms with Gasteiger partial charge in [0, 0.05) is 18.1 Å². The van der Waals surface area contributed by atoms with Gasteiger partial charge in [0.15, 0.2) is 0 Å². The maximum Gasteiger partial charge on any atom is 0.0565 e. The molecule has 0 unspecified atom stereocenters. The van der Waals surface area contributed by atoms with Crippen LogP contribution in [0.3, 0.4) is 0 Å². The van der Waals surface area contributed by atoms with Gasteiger partial charge in [-0.05, 0) is 30.4 Å². The Morgan fingerprint density at radius 3 is 2.59 bits per heavy atom.